The molecule has 4 nitrogen and oxygen atoms in total. The minimum atomic E-state index is -0.639. The van der Waals surface area contributed by atoms with E-state index in [1.807, 2.05) is 19.1 Å². The summed E-state index contributed by atoms with van der Waals surface area (Å²) in [5.74, 6) is 1.35. The van der Waals surface area contributed by atoms with Gasteiger partial charge in [0.05, 0.1) is 20.3 Å². The highest BCUT2D eigenvalue weighted by molar-refractivity contribution is 5.42. The first-order valence-electron chi connectivity index (χ1n) is 6.46. The zero-order valence-corrected chi connectivity index (χ0v) is 12.7. The molecule has 0 saturated heterocycles. The number of aliphatic hydroxyl groups excluding tert-OH is 1. The van der Waals surface area contributed by atoms with Gasteiger partial charge in [0.25, 0.3) is 0 Å². The summed E-state index contributed by atoms with van der Waals surface area (Å²) in [5, 5.41) is 13.8. The van der Waals surface area contributed by atoms with Crippen LogP contribution in [0.3, 0.4) is 0 Å². The maximum Gasteiger partial charge on any atom is 0.128 e. The molecule has 1 rings (SSSR count). The van der Waals surface area contributed by atoms with E-state index < -0.39 is 6.10 Å². The van der Waals surface area contributed by atoms with E-state index in [4.69, 9.17) is 9.47 Å². The van der Waals surface area contributed by atoms with Crippen molar-refractivity contribution in [1.29, 1.82) is 0 Å². The molecule has 1 aromatic carbocycles. The Balaban J connectivity index is 2.95. The monoisotopic (exact) mass is 267 g/mol. The first-order chi connectivity index (χ1) is 8.78. The summed E-state index contributed by atoms with van der Waals surface area (Å²) in [6.45, 7) is 8.17. The Labute approximate surface area is 115 Å². The van der Waals surface area contributed by atoms with E-state index in [0.29, 0.717) is 11.5 Å². The highest BCUT2D eigenvalue weighted by Crippen LogP contribution is 2.31. The van der Waals surface area contributed by atoms with Crippen LogP contribution in [0.4, 0.5) is 0 Å². The van der Waals surface area contributed by atoms with Gasteiger partial charge in [0, 0.05) is 23.2 Å². The van der Waals surface area contributed by atoms with Crippen LogP contribution in [0.25, 0.3) is 0 Å². The minimum Gasteiger partial charge on any atom is -0.497 e. The maximum atomic E-state index is 10.4. The minimum absolute atomic E-state index is 0.0555. The molecule has 2 unspecified atom stereocenters. The van der Waals surface area contributed by atoms with E-state index >= 15 is 0 Å². The van der Waals surface area contributed by atoms with E-state index in [9.17, 15) is 5.11 Å². The predicted octanol–water partition coefficient (Wildman–Crippen LogP) is 2.51. The van der Waals surface area contributed by atoms with Gasteiger partial charge in [0.1, 0.15) is 11.5 Å². The summed E-state index contributed by atoms with van der Waals surface area (Å²) in [6, 6.07) is 5.36. The highest BCUT2D eigenvalue weighted by Gasteiger charge is 2.24. The average molecular weight is 267 g/mol. The molecule has 108 valence electrons. The molecule has 0 heterocycles. The molecular weight excluding hydrogens is 242 g/mol. The normalized spacial score (nSPS) is 14.9. The lowest BCUT2D eigenvalue weighted by molar-refractivity contribution is 0.118. The van der Waals surface area contributed by atoms with Crippen LogP contribution in [-0.4, -0.2) is 30.9 Å². The summed E-state index contributed by atoms with van der Waals surface area (Å²) in [5.41, 5.74) is 0.702. The Kier molecular flexibility index (Phi) is 5.20. The molecule has 0 aliphatic carbocycles. The number of benzene rings is 1. The largest absolute Gasteiger partial charge is 0.497 e. The fourth-order valence-corrected chi connectivity index (χ4v) is 2.09. The second-order valence-corrected chi connectivity index (χ2v) is 5.74. The molecule has 0 bridgehead atoms. The van der Waals surface area contributed by atoms with Crippen molar-refractivity contribution >= 4 is 0 Å². The van der Waals surface area contributed by atoms with Crippen LogP contribution >= 0.6 is 0 Å². The van der Waals surface area contributed by atoms with Gasteiger partial charge in [-0.15, -0.1) is 0 Å². The van der Waals surface area contributed by atoms with Crippen LogP contribution in [0.1, 0.15) is 39.4 Å². The third-order valence-corrected chi connectivity index (χ3v) is 2.89. The van der Waals surface area contributed by atoms with Gasteiger partial charge in [-0.2, -0.15) is 0 Å². The molecule has 0 radical (unpaired) electrons. The van der Waals surface area contributed by atoms with Crippen molar-refractivity contribution in [3.8, 4) is 11.5 Å². The molecule has 0 spiro atoms. The van der Waals surface area contributed by atoms with Crippen LogP contribution in [0, 0.1) is 0 Å². The van der Waals surface area contributed by atoms with E-state index in [1.54, 1.807) is 20.3 Å². The first kappa shape index (κ1) is 15.8. The smallest absolute Gasteiger partial charge is 0.128 e. The maximum absolute atomic E-state index is 10.4. The Morgan fingerprint density at radius 2 is 1.79 bits per heavy atom. The van der Waals surface area contributed by atoms with Crippen molar-refractivity contribution in [1.82, 2.24) is 5.32 Å². The zero-order chi connectivity index (χ0) is 14.6. The summed E-state index contributed by atoms with van der Waals surface area (Å²) in [4.78, 5) is 0. The molecule has 0 saturated carbocycles. The summed E-state index contributed by atoms with van der Waals surface area (Å²) in [6.07, 6.45) is -0.639. The Bertz CT molecular complexity index is 412. The molecule has 19 heavy (non-hydrogen) atoms. The molecule has 1 aromatic rings. The van der Waals surface area contributed by atoms with Crippen molar-refractivity contribution in [3.05, 3.63) is 23.8 Å². The van der Waals surface area contributed by atoms with E-state index in [1.165, 1.54) is 0 Å². The zero-order valence-electron chi connectivity index (χ0n) is 12.7. The number of nitrogens with one attached hydrogen (secondary N) is 1. The lowest BCUT2D eigenvalue weighted by Crippen LogP contribution is -2.45. The lowest BCUT2D eigenvalue weighted by atomic mass is 9.99. The Hall–Kier alpha value is -1.26. The van der Waals surface area contributed by atoms with Gasteiger partial charge >= 0.3 is 0 Å². The highest BCUT2D eigenvalue weighted by atomic mass is 16.5. The van der Waals surface area contributed by atoms with Crippen LogP contribution in [0.2, 0.25) is 0 Å². The lowest BCUT2D eigenvalue weighted by Gasteiger charge is -2.30. The van der Waals surface area contributed by atoms with Crippen LogP contribution in [0.15, 0.2) is 18.2 Å². The number of methoxy groups -OCH3 is 2. The number of hydrogen-bond donors (Lipinski definition) is 2. The Morgan fingerprint density at radius 1 is 1.16 bits per heavy atom. The summed E-state index contributed by atoms with van der Waals surface area (Å²) >= 11 is 0. The van der Waals surface area contributed by atoms with Gasteiger partial charge in [-0.05, 0) is 39.8 Å². The Morgan fingerprint density at radius 3 is 2.26 bits per heavy atom. The second-order valence-electron chi connectivity index (χ2n) is 5.74. The van der Waals surface area contributed by atoms with Crippen molar-refractivity contribution < 1.29 is 14.6 Å². The standard InChI is InChI=1S/C15H25NO3/c1-10(16-15(2,3)4)14(17)12-8-7-11(18-5)9-13(12)19-6/h7-10,14,16-17H,1-6H3. The predicted molar refractivity (Wildman–Crippen MR) is 76.9 cm³/mol. The van der Waals surface area contributed by atoms with Crippen molar-refractivity contribution in [2.24, 2.45) is 0 Å². The molecule has 0 aromatic heterocycles. The van der Waals surface area contributed by atoms with Crippen molar-refractivity contribution in [3.63, 3.8) is 0 Å². The molecule has 2 N–H and O–H groups in total. The van der Waals surface area contributed by atoms with Gasteiger partial charge < -0.3 is 19.9 Å². The summed E-state index contributed by atoms with van der Waals surface area (Å²) < 4.78 is 10.5. The number of hydrogen-bond acceptors (Lipinski definition) is 4. The molecule has 0 fully saturated rings. The molecule has 0 aliphatic heterocycles. The van der Waals surface area contributed by atoms with Gasteiger partial charge in [0.2, 0.25) is 0 Å². The first-order valence-corrected chi connectivity index (χ1v) is 6.46. The van der Waals surface area contributed by atoms with Gasteiger partial charge in [0.15, 0.2) is 0 Å². The fraction of sp³-hybridized carbons (Fsp3) is 0.600. The molecule has 0 aliphatic rings. The number of rotatable bonds is 5. The van der Waals surface area contributed by atoms with Crippen LogP contribution in [0.5, 0.6) is 11.5 Å². The topological polar surface area (TPSA) is 50.7 Å². The third kappa shape index (κ3) is 4.40. The van der Waals surface area contributed by atoms with Gasteiger partial charge in [-0.25, -0.2) is 0 Å². The quantitative estimate of drug-likeness (QED) is 0.860. The van der Waals surface area contributed by atoms with E-state index in [-0.39, 0.29) is 11.6 Å². The molecule has 2 atom stereocenters. The molecule has 0 amide bonds. The van der Waals surface area contributed by atoms with Crippen LogP contribution < -0.4 is 14.8 Å². The molecular formula is C15H25NO3. The van der Waals surface area contributed by atoms with Gasteiger partial charge in [-0.3, -0.25) is 0 Å². The third-order valence-electron chi connectivity index (χ3n) is 2.89. The van der Waals surface area contributed by atoms with Crippen molar-refractivity contribution in [2.75, 3.05) is 14.2 Å². The average Bonchev–Trinajstić information content (AvgIpc) is 2.35. The van der Waals surface area contributed by atoms with Crippen LogP contribution in [-0.2, 0) is 0 Å². The SMILES string of the molecule is COc1ccc(C(O)C(C)NC(C)(C)C)c(OC)c1. The van der Waals surface area contributed by atoms with Gasteiger partial charge in [-0.1, -0.05) is 0 Å². The molecule has 4 heteroatoms. The number of ether oxygens (including phenoxy) is 2. The van der Waals surface area contributed by atoms with E-state index in [0.717, 1.165) is 5.56 Å². The summed E-state index contributed by atoms with van der Waals surface area (Å²) in [7, 11) is 3.20. The fourth-order valence-electron chi connectivity index (χ4n) is 2.09. The van der Waals surface area contributed by atoms with Crippen molar-refractivity contribution in [2.45, 2.75) is 45.4 Å². The van der Waals surface area contributed by atoms with E-state index in [2.05, 4.69) is 26.1 Å². The number of aliphatic hydroxyl groups is 1. The second kappa shape index (κ2) is 6.26.